The molecule has 0 atom stereocenters. The molecule has 0 radical (unpaired) electrons. The second kappa shape index (κ2) is 6.25. The van der Waals surface area contributed by atoms with Crippen molar-refractivity contribution in [3.05, 3.63) is 23.3 Å². The maximum atomic E-state index is 11.3. The number of benzene rings is 1. The molecule has 1 rings (SSSR count). The molecule has 1 aromatic rings. The van der Waals surface area contributed by atoms with Crippen LogP contribution in [-0.2, 0) is 22.6 Å². The van der Waals surface area contributed by atoms with Crippen LogP contribution < -0.4 is 9.47 Å². The molecule has 0 N–H and O–H groups in total. The summed E-state index contributed by atoms with van der Waals surface area (Å²) in [6.07, 6.45) is 0.296. The van der Waals surface area contributed by atoms with Crippen LogP contribution in [0.3, 0.4) is 0 Å². The predicted molar refractivity (Wildman–Crippen MR) is 64.6 cm³/mol. The molecule has 0 saturated carbocycles. The summed E-state index contributed by atoms with van der Waals surface area (Å²) in [5.41, 5.74) is 1.68. The number of hydrogen-bond acceptors (Lipinski definition) is 4. The lowest BCUT2D eigenvalue weighted by atomic mass is 10.0. The van der Waals surface area contributed by atoms with Gasteiger partial charge in [-0.3, -0.25) is 4.79 Å². The number of methoxy groups -OCH3 is 3. The molecule has 0 bridgehead atoms. The Morgan fingerprint density at radius 2 is 1.88 bits per heavy atom. The van der Waals surface area contributed by atoms with Crippen LogP contribution in [0.2, 0.25) is 0 Å². The van der Waals surface area contributed by atoms with Crippen molar-refractivity contribution < 1.29 is 19.0 Å². The van der Waals surface area contributed by atoms with E-state index in [9.17, 15) is 4.79 Å². The molecular weight excluding hydrogens is 220 g/mol. The average Bonchev–Trinajstić information content (AvgIpc) is 2.29. The van der Waals surface area contributed by atoms with Crippen molar-refractivity contribution in [2.45, 2.75) is 20.0 Å². The summed E-state index contributed by atoms with van der Waals surface area (Å²) in [5.74, 6) is 1.40. The molecule has 4 heteroatoms. The van der Waals surface area contributed by atoms with Crippen LogP contribution in [0.15, 0.2) is 12.1 Å². The molecule has 1 aromatic carbocycles. The van der Waals surface area contributed by atoms with Crippen molar-refractivity contribution >= 4 is 5.78 Å². The Balaban J connectivity index is 3.26. The molecule has 0 aliphatic heterocycles. The molecule has 0 spiro atoms. The summed E-state index contributed by atoms with van der Waals surface area (Å²) in [7, 11) is 4.78. The summed E-state index contributed by atoms with van der Waals surface area (Å²) in [5, 5.41) is 0. The van der Waals surface area contributed by atoms with Crippen molar-refractivity contribution in [3.8, 4) is 11.5 Å². The zero-order valence-electron chi connectivity index (χ0n) is 10.7. The Kier molecular flexibility index (Phi) is 4.97. The quantitative estimate of drug-likeness (QED) is 0.760. The van der Waals surface area contributed by atoms with Crippen LogP contribution in [-0.4, -0.2) is 27.1 Å². The first-order valence-electron chi connectivity index (χ1n) is 5.35. The zero-order chi connectivity index (χ0) is 12.8. The van der Waals surface area contributed by atoms with E-state index >= 15 is 0 Å². The van der Waals surface area contributed by atoms with E-state index in [4.69, 9.17) is 14.2 Å². The largest absolute Gasteiger partial charge is 0.496 e. The number of carbonyl (C=O) groups is 1. The number of rotatable bonds is 6. The summed E-state index contributed by atoms with van der Waals surface area (Å²) in [4.78, 5) is 11.3. The predicted octanol–water partition coefficient (Wildman–Crippen LogP) is 1.98. The molecule has 0 aliphatic carbocycles. The van der Waals surface area contributed by atoms with Gasteiger partial charge in [-0.05, 0) is 19.1 Å². The monoisotopic (exact) mass is 238 g/mol. The minimum absolute atomic E-state index is 0.0659. The van der Waals surface area contributed by atoms with E-state index in [1.165, 1.54) is 0 Å². The molecule has 0 fully saturated rings. The molecule has 0 aromatic heterocycles. The van der Waals surface area contributed by atoms with Crippen LogP contribution in [0, 0.1) is 0 Å². The van der Waals surface area contributed by atoms with Crippen LogP contribution >= 0.6 is 0 Å². The Hall–Kier alpha value is -1.55. The van der Waals surface area contributed by atoms with Gasteiger partial charge in [-0.1, -0.05) is 0 Å². The number of carbonyl (C=O) groups excluding carboxylic acids is 1. The Bertz CT molecular complexity index is 399. The van der Waals surface area contributed by atoms with Crippen molar-refractivity contribution in [1.82, 2.24) is 0 Å². The fraction of sp³-hybridized carbons (Fsp3) is 0.462. The van der Waals surface area contributed by atoms with E-state index in [1.54, 1.807) is 28.3 Å². The summed E-state index contributed by atoms with van der Waals surface area (Å²) in [6, 6.07) is 3.71. The Labute approximate surface area is 101 Å². The third-order valence-corrected chi connectivity index (χ3v) is 2.45. The van der Waals surface area contributed by atoms with Gasteiger partial charge in [-0.15, -0.1) is 0 Å². The number of ketones is 1. The van der Waals surface area contributed by atoms with Gasteiger partial charge in [0.1, 0.15) is 17.3 Å². The summed E-state index contributed by atoms with van der Waals surface area (Å²) >= 11 is 0. The number of Topliss-reactive ketones (excluding diaryl/α,β-unsaturated/α-hetero) is 1. The fourth-order valence-corrected chi connectivity index (χ4v) is 1.79. The van der Waals surface area contributed by atoms with Gasteiger partial charge < -0.3 is 14.2 Å². The standard InChI is InChI=1S/C13H18O4/c1-9(14)7-11-12(16-3)6-5-10(8-15-2)13(11)17-4/h5-6H,7-8H2,1-4H3. The van der Waals surface area contributed by atoms with Crippen molar-refractivity contribution in [1.29, 1.82) is 0 Å². The topological polar surface area (TPSA) is 44.8 Å². The number of hydrogen-bond donors (Lipinski definition) is 0. The van der Waals surface area contributed by atoms with Gasteiger partial charge >= 0.3 is 0 Å². The molecule has 0 amide bonds. The van der Waals surface area contributed by atoms with E-state index in [0.29, 0.717) is 24.5 Å². The molecular formula is C13H18O4. The fourth-order valence-electron chi connectivity index (χ4n) is 1.79. The molecule has 4 nitrogen and oxygen atoms in total. The minimum Gasteiger partial charge on any atom is -0.496 e. The van der Waals surface area contributed by atoms with Crippen molar-refractivity contribution in [2.75, 3.05) is 21.3 Å². The highest BCUT2D eigenvalue weighted by Crippen LogP contribution is 2.33. The van der Waals surface area contributed by atoms with Crippen molar-refractivity contribution in [3.63, 3.8) is 0 Å². The highest BCUT2D eigenvalue weighted by Gasteiger charge is 2.16. The second-order valence-corrected chi connectivity index (χ2v) is 3.75. The first-order valence-corrected chi connectivity index (χ1v) is 5.35. The Morgan fingerprint density at radius 1 is 1.18 bits per heavy atom. The first kappa shape index (κ1) is 13.5. The zero-order valence-corrected chi connectivity index (χ0v) is 10.7. The molecule has 0 saturated heterocycles. The van der Waals surface area contributed by atoms with Gasteiger partial charge in [0, 0.05) is 24.7 Å². The van der Waals surface area contributed by atoms with E-state index < -0.39 is 0 Å². The van der Waals surface area contributed by atoms with Crippen LogP contribution in [0.25, 0.3) is 0 Å². The van der Waals surface area contributed by atoms with Gasteiger partial charge in [-0.25, -0.2) is 0 Å². The maximum Gasteiger partial charge on any atom is 0.134 e. The van der Waals surface area contributed by atoms with Crippen LogP contribution in [0.4, 0.5) is 0 Å². The van der Waals surface area contributed by atoms with Crippen LogP contribution in [0.5, 0.6) is 11.5 Å². The minimum atomic E-state index is 0.0659. The molecule has 0 aliphatic rings. The highest BCUT2D eigenvalue weighted by atomic mass is 16.5. The molecule has 94 valence electrons. The van der Waals surface area contributed by atoms with E-state index in [2.05, 4.69) is 0 Å². The lowest BCUT2D eigenvalue weighted by molar-refractivity contribution is -0.116. The SMILES string of the molecule is COCc1ccc(OC)c(CC(C)=O)c1OC. The van der Waals surface area contributed by atoms with Crippen LogP contribution in [0.1, 0.15) is 18.1 Å². The van der Waals surface area contributed by atoms with Gasteiger partial charge in [0.2, 0.25) is 0 Å². The normalized spacial score (nSPS) is 10.1. The molecule has 17 heavy (non-hydrogen) atoms. The second-order valence-electron chi connectivity index (χ2n) is 3.75. The smallest absolute Gasteiger partial charge is 0.134 e. The van der Waals surface area contributed by atoms with Crippen molar-refractivity contribution in [2.24, 2.45) is 0 Å². The third kappa shape index (κ3) is 3.20. The first-order chi connectivity index (χ1) is 8.13. The van der Waals surface area contributed by atoms with Gasteiger partial charge in [0.25, 0.3) is 0 Å². The summed E-state index contributed by atoms with van der Waals surface area (Å²) < 4.78 is 15.7. The van der Waals surface area contributed by atoms with E-state index in [0.717, 1.165) is 11.1 Å². The third-order valence-electron chi connectivity index (χ3n) is 2.45. The van der Waals surface area contributed by atoms with E-state index in [1.807, 2.05) is 12.1 Å². The maximum absolute atomic E-state index is 11.3. The van der Waals surface area contributed by atoms with Gasteiger partial charge in [0.15, 0.2) is 0 Å². The molecule has 0 unspecified atom stereocenters. The molecule has 0 heterocycles. The highest BCUT2D eigenvalue weighted by molar-refractivity contribution is 5.80. The lowest BCUT2D eigenvalue weighted by Gasteiger charge is -2.15. The van der Waals surface area contributed by atoms with Gasteiger partial charge in [-0.2, -0.15) is 0 Å². The number of ether oxygens (including phenoxy) is 3. The summed E-state index contributed by atoms with van der Waals surface area (Å²) in [6.45, 7) is 1.99. The average molecular weight is 238 g/mol. The van der Waals surface area contributed by atoms with Gasteiger partial charge in [0.05, 0.1) is 20.8 Å². The Morgan fingerprint density at radius 3 is 2.35 bits per heavy atom. The lowest BCUT2D eigenvalue weighted by Crippen LogP contribution is -2.05. The van der Waals surface area contributed by atoms with E-state index in [-0.39, 0.29) is 5.78 Å².